The molecule has 0 fully saturated rings. The molecule has 0 heterocycles. The van der Waals surface area contributed by atoms with Crippen LogP contribution in [0.3, 0.4) is 0 Å². The Morgan fingerprint density at radius 3 is 2.76 bits per heavy atom. The molecule has 0 aliphatic heterocycles. The molecule has 0 saturated heterocycles. The zero-order valence-electron chi connectivity index (χ0n) is 9.73. The Morgan fingerprint density at radius 2 is 2.12 bits per heavy atom. The first kappa shape index (κ1) is 13.7. The molecule has 5 nitrogen and oxygen atoms in total. The van der Waals surface area contributed by atoms with Crippen molar-refractivity contribution < 1.29 is 9.00 Å². The van der Waals surface area contributed by atoms with Crippen LogP contribution in [-0.2, 0) is 10.8 Å². The fraction of sp³-hybridized carbons (Fsp3) is 0.364. The second-order valence-corrected chi connectivity index (χ2v) is 5.13. The van der Waals surface area contributed by atoms with Crippen molar-refractivity contribution in [3.8, 4) is 0 Å². The van der Waals surface area contributed by atoms with Gasteiger partial charge in [-0.3, -0.25) is 14.8 Å². The van der Waals surface area contributed by atoms with Crippen LogP contribution in [0.25, 0.3) is 0 Å². The zero-order valence-corrected chi connectivity index (χ0v) is 10.5. The van der Waals surface area contributed by atoms with Crippen LogP contribution in [0.1, 0.15) is 16.8 Å². The molecule has 1 aromatic carbocycles. The lowest BCUT2D eigenvalue weighted by molar-refractivity contribution is 0.0954. The molecular formula is C11H17N3O2S. The van der Waals surface area contributed by atoms with Crippen LogP contribution in [-0.4, -0.2) is 28.7 Å². The molecule has 0 aliphatic rings. The molecule has 1 amide bonds. The minimum Gasteiger partial charge on any atom is -0.352 e. The smallest absolute Gasteiger partial charge is 0.253 e. The van der Waals surface area contributed by atoms with Crippen LogP contribution in [0.4, 0.5) is 5.69 Å². The number of carbonyl (C=O) groups excluding carboxylic acids is 1. The molecule has 0 spiro atoms. The molecule has 1 rings (SSSR count). The third-order valence-corrected chi connectivity index (χ3v) is 3.08. The van der Waals surface area contributed by atoms with Gasteiger partial charge in [0, 0.05) is 29.4 Å². The largest absolute Gasteiger partial charge is 0.352 e. The number of rotatable bonds is 6. The summed E-state index contributed by atoms with van der Waals surface area (Å²) in [7, 11) is -0.814. The van der Waals surface area contributed by atoms with Gasteiger partial charge < -0.3 is 10.7 Å². The van der Waals surface area contributed by atoms with Gasteiger partial charge in [0.05, 0.1) is 11.3 Å². The normalized spacial score (nSPS) is 11.9. The summed E-state index contributed by atoms with van der Waals surface area (Å²) in [6, 6.07) is 7.00. The number of hydrazine groups is 1. The molecule has 0 aliphatic carbocycles. The molecule has 0 radical (unpaired) electrons. The molecule has 4 N–H and O–H groups in total. The van der Waals surface area contributed by atoms with Gasteiger partial charge in [0.25, 0.3) is 5.91 Å². The van der Waals surface area contributed by atoms with Crippen LogP contribution in [0, 0.1) is 0 Å². The molecule has 1 atom stereocenters. The van der Waals surface area contributed by atoms with Gasteiger partial charge in [0.1, 0.15) is 0 Å². The van der Waals surface area contributed by atoms with Crippen LogP contribution in [0.5, 0.6) is 0 Å². The lowest BCUT2D eigenvalue weighted by Crippen LogP contribution is -2.26. The highest BCUT2D eigenvalue weighted by Gasteiger charge is 2.08. The number of nitrogens with two attached hydrogens (primary N) is 1. The Balaban J connectivity index is 2.49. The van der Waals surface area contributed by atoms with Crippen LogP contribution >= 0.6 is 0 Å². The van der Waals surface area contributed by atoms with E-state index >= 15 is 0 Å². The number of hydrogen-bond donors (Lipinski definition) is 3. The Morgan fingerprint density at radius 1 is 1.41 bits per heavy atom. The Kier molecular flexibility index (Phi) is 5.65. The third kappa shape index (κ3) is 4.54. The standard InChI is InChI=1S/C11H17N3O2S/c1-17(16)8-4-7-13-11(15)9-5-2-3-6-10(9)14-12/h2-3,5-6,14H,4,7-8,12H2,1H3,(H,13,15). The van der Waals surface area contributed by atoms with E-state index in [9.17, 15) is 9.00 Å². The summed E-state index contributed by atoms with van der Waals surface area (Å²) in [5.41, 5.74) is 3.57. The number of para-hydroxylation sites is 1. The van der Waals surface area contributed by atoms with Gasteiger partial charge >= 0.3 is 0 Å². The summed E-state index contributed by atoms with van der Waals surface area (Å²) >= 11 is 0. The lowest BCUT2D eigenvalue weighted by atomic mass is 10.1. The predicted molar refractivity (Wildman–Crippen MR) is 70.1 cm³/mol. The van der Waals surface area contributed by atoms with Gasteiger partial charge in [0.2, 0.25) is 0 Å². The number of anilines is 1. The zero-order chi connectivity index (χ0) is 12.7. The topological polar surface area (TPSA) is 84.2 Å². The summed E-state index contributed by atoms with van der Waals surface area (Å²) in [5, 5.41) is 2.76. The number of hydrogen-bond acceptors (Lipinski definition) is 4. The molecule has 17 heavy (non-hydrogen) atoms. The maximum absolute atomic E-state index is 11.8. The van der Waals surface area contributed by atoms with E-state index < -0.39 is 10.8 Å². The molecule has 0 saturated carbocycles. The van der Waals surface area contributed by atoms with Crippen LogP contribution < -0.4 is 16.6 Å². The Bertz CT molecular complexity index is 409. The average Bonchev–Trinajstić information content (AvgIpc) is 2.34. The number of benzene rings is 1. The number of nitrogen functional groups attached to an aromatic ring is 1. The quantitative estimate of drug-likeness (QED) is 0.392. The van der Waals surface area contributed by atoms with Crippen molar-refractivity contribution in [2.24, 2.45) is 5.84 Å². The van der Waals surface area contributed by atoms with Gasteiger partial charge in [-0.05, 0) is 18.6 Å². The van der Waals surface area contributed by atoms with Crippen LogP contribution in [0.2, 0.25) is 0 Å². The first-order chi connectivity index (χ1) is 8.15. The summed E-state index contributed by atoms with van der Waals surface area (Å²) < 4.78 is 10.8. The van der Waals surface area contributed by atoms with E-state index in [1.807, 2.05) is 0 Å². The fourth-order valence-corrected chi connectivity index (χ4v) is 1.93. The first-order valence-corrected chi connectivity index (χ1v) is 7.01. The molecule has 0 aromatic heterocycles. The van der Waals surface area contributed by atoms with Gasteiger partial charge in [-0.1, -0.05) is 12.1 Å². The summed E-state index contributed by atoms with van der Waals surface area (Å²) in [4.78, 5) is 11.8. The first-order valence-electron chi connectivity index (χ1n) is 5.29. The maximum atomic E-state index is 11.8. The summed E-state index contributed by atoms with van der Waals surface area (Å²) in [5.74, 6) is 5.73. The molecule has 94 valence electrons. The summed E-state index contributed by atoms with van der Waals surface area (Å²) in [6.07, 6.45) is 2.35. The van der Waals surface area contributed by atoms with E-state index in [0.29, 0.717) is 30.0 Å². The molecule has 1 unspecified atom stereocenters. The lowest BCUT2D eigenvalue weighted by Gasteiger charge is -2.08. The van der Waals surface area contributed by atoms with Crippen molar-refractivity contribution in [1.29, 1.82) is 0 Å². The van der Waals surface area contributed by atoms with Gasteiger partial charge in [-0.2, -0.15) is 0 Å². The SMILES string of the molecule is CS(=O)CCCNC(=O)c1ccccc1NN. The van der Waals surface area contributed by atoms with E-state index in [0.717, 1.165) is 0 Å². The fourth-order valence-electron chi connectivity index (χ4n) is 1.38. The van der Waals surface area contributed by atoms with Crippen molar-refractivity contribution in [3.63, 3.8) is 0 Å². The minimum absolute atomic E-state index is 0.180. The van der Waals surface area contributed by atoms with Gasteiger partial charge in [-0.25, -0.2) is 0 Å². The highest BCUT2D eigenvalue weighted by molar-refractivity contribution is 7.84. The monoisotopic (exact) mass is 255 g/mol. The van der Waals surface area contributed by atoms with Gasteiger partial charge in [0.15, 0.2) is 0 Å². The minimum atomic E-state index is -0.814. The van der Waals surface area contributed by atoms with E-state index in [1.54, 1.807) is 30.5 Å². The highest BCUT2D eigenvalue weighted by Crippen LogP contribution is 2.12. The van der Waals surface area contributed by atoms with E-state index in [2.05, 4.69) is 10.7 Å². The second-order valence-electron chi connectivity index (χ2n) is 3.58. The number of amides is 1. The van der Waals surface area contributed by atoms with Crippen molar-refractivity contribution in [2.45, 2.75) is 6.42 Å². The molecular weight excluding hydrogens is 238 g/mol. The molecule has 0 bridgehead atoms. The van der Waals surface area contributed by atoms with Crippen LogP contribution in [0.15, 0.2) is 24.3 Å². The third-order valence-electron chi connectivity index (χ3n) is 2.22. The number of nitrogens with one attached hydrogen (secondary N) is 2. The maximum Gasteiger partial charge on any atom is 0.253 e. The molecule has 6 heteroatoms. The van der Waals surface area contributed by atoms with E-state index in [4.69, 9.17) is 5.84 Å². The van der Waals surface area contributed by atoms with E-state index in [1.165, 1.54) is 0 Å². The molecule has 1 aromatic rings. The average molecular weight is 255 g/mol. The van der Waals surface area contributed by atoms with Gasteiger partial charge in [-0.15, -0.1) is 0 Å². The second kappa shape index (κ2) is 7.03. The van der Waals surface area contributed by atoms with Crippen molar-refractivity contribution >= 4 is 22.4 Å². The summed E-state index contributed by atoms with van der Waals surface area (Å²) in [6.45, 7) is 0.511. The Labute approximate surface area is 103 Å². The Hall–Kier alpha value is -1.40. The van der Waals surface area contributed by atoms with Crippen molar-refractivity contribution in [2.75, 3.05) is 24.0 Å². The predicted octanol–water partition coefficient (Wildman–Crippen LogP) is 0.471. The number of carbonyl (C=O) groups is 1. The van der Waals surface area contributed by atoms with Crippen molar-refractivity contribution in [3.05, 3.63) is 29.8 Å². The van der Waals surface area contributed by atoms with Crippen molar-refractivity contribution in [1.82, 2.24) is 5.32 Å². The highest BCUT2D eigenvalue weighted by atomic mass is 32.2. The van der Waals surface area contributed by atoms with E-state index in [-0.39, 0.29) is 5.91 Å².